The van der Waals surface area contributed by atoms with Gasteiger partial charge >= 0.3 is 6.03 Å². The molecule has 1 aliphatic heterocycles. The summed E-state index contributed by atoms with van der Waals surface area (Å²) in [6.45, 7) is 7.63. The van der Waals surface area contributed by atoms with Crippen molar-refractivity contribution in [3.05, 3.63) is 24.9 Å². The van der Waals surface area contributed by atoms with Crippen molar-refractivity contribution in [2.24, 2.45) is 7.05 Å². The Kier molecular flexibility index (Phi) is 5.86. The summed E-state index contributed by atoms with van der Waals surface area (Å²) < 4.78 is 1.87. The third-order valence-electron chi connectivity index (χ3n) is 4.15. The van der Waals surface area contributed by atoms with E-state index in [0.717, 1.165) is 44.6 Å². The van der Waals surface area contributed by atoms with Crippen LogP contribution in [0.3, 0.4) is 0 Å². The summed E-state index contributed by atoms with van der Waals surface area (Å²) in [7, 11) is 1.94. The number of rotatable bonds is 6. The van der Waals surface area contributed by atoms with E-state index in [1.165, 1.54) is 0 Å². The number of anilines is 1. The third-order valence-corrected chi connectivity index (χ3v) is 4.15. The van der Waals surface area contributed by atoms with Crippen LogP contribution in [0, 0.1) is 0 Å². The van der Waals surface area contributed by atoms with Gasteiger partial charge < -0.3 is 15.5 Å². The molecule has 2 amide bonds. The summed E-state index contributed by atoms with van der Waals surface area (Å²) in [4.78, 5) is 14.4. The van der Waals surface area contributed by atoms with Crippen molar-refractivity contribution >= 4 is 11.8 Å². The van der Waals surface area contributed by atoms with Gasteiger partial charge in [0, 0.05) is 38.3 Å². The minimum absolute atomic E-state index is 0.0782. The molecule has 1 aromatic heterocycles. The van der Waals surface area contributed by atoms with Crippen molar-refractivity contribution in [2.75, 3.05) is 18.0 Å². The number of aromatic nitrogens is 2. The highest BCUT2D eigenvalue weighted by Crippen LogP contribution is 2.18. The first-order valence-corrected chi connectivity index (χ1v) is 8.05. The second-order valence-electron chi connectivity index (χ2n) is 5.85. The summed E-state index contributed by atoms with van der Waals surface area (Å²) in [6.07, 6.45) is 7.44. The lowest BCUT2D eigenvalue weighted by molar-refractivity contribution is 0.230. The van der Waals surface area contributed by atoms with Crippen molar-refractivity contribution in [1.82, 2.24) is 20.4 Å². The van der Waals surface area contributed by atoms with Gasteiger partial charge in [-0.05, 0) is 25.7 Å². The fourth-order valence-electron chi connectivity index (χ4n) is 2.92. The number of nitrogens with zero attached hydrogens (tertiary/aromatic N) is 3. The predicted molar refractivity (Wildman–Crippen MR) is 89.0 cm³/mol. The molecule has 2 heterocycles. The van der Waals surface area contributed by atoms with E-state index in [1.54, 1.807) is 6.20 Å². The number of urea groups is 1. The van der Waals surface area contributed by atoms with Crippen molar-refractivity contribution in [2.45, 2.75) is 44.7 Å². The molecule has 6 heteroatoms. The zero-order valence-corrected chi connectivity index (χ0v) is 13.6. The van der Waals surface area contributed by atoms with Crippen LogP contribution in [-0.2, 0) is 7.05 Å². The van der Waals surface area contributed by atoms with E-state index in [-0.39, 0.29) is 18.1 Å². The lowest BCUT2D eigenvalue weighted by Gasteiger charge is -2.34. The lowest BCUT2D eigenvalue weighted by Crippen LogP contribution is -2.52. The van der Waals surface area contributed by atoms with Crippen molar-refractivity contribution < 1.29 is 4.79 Å². The molecule has 0 bridgehead atoms. The first-order chi connectivity index (χ1) is 10.6. The Balaban J connectivity index is 1.86. The zero-order valence-electron chi connectivity index (χ0n) is 13.6. The molecule has 6 nitrogen and oxygen atoms in total. The number of hydrogen-bond donors (Lipinski definition) is 2. The quantitative estimate of drug-likeness (QED) is 0.791. The molecule has 0 aromatic carbocycles. The van der Waals surface area contributed by atoms with Gasteiger partial charge in [-0.25, -0.2) is 4.79 Å². The molecule has 1 saturated heterocycles. The average molecular weight is 305 g/mol. The third kappa shape index (κ3) is 4.26. The van der Waals surface area contributed by atoms with E-state index in [1.807, 2.05) is 23.9 Å². The maximum atomic E-state index is 12.1. The summed E-state index contributed by atoms with van der Waals surface area (Å²) in [5, 5.41) is 10.3. The molecule has 2 rings (SSSR count). The largest absolute Gasteiger partial charge is 0.355 e. The number of nitrogens with one attached hydrogen (secondary N) is 2. The monoisotopic (exact) mass is 305 g/mol. The van der Waals surface area contributed by atoms with Crippen LogP contribution in [0.5, 0.6) is 0 Å². The predicted octanol–water partition coefficient (Wildman–Crippen LogP) is 2.04. The average Bonchev–Trinajstić information content (AvgIpc) is 2.93. The summed E-state index contributed by atoms with van der Waals surface area (Å²) in [6, 6.07) is 2.27. The van der Waals surface area contributed by atoms with Crippen LogP contribution in [0.15, 0.2) is 24.9 Å². The van der Waals surface area contributed by atoms with Gasteiger partial charge in [0.25, 0.3) is 0 Å². The van der Waals surface area contributed by atoms with Crippen LogP contribution in [0.1, 0.15) is 32.6 Å². The SMILES string of the molecule is C=CCC(CC)NC(=O)NC1CCCN(c2ccnn2C)C1. The van der Waals surface area contributed by atoms with Crippen molar-refractivity contribution in [3.63, 3.8) is 0 Å². The molecule has 0 radical (unpaired) electrons. The van der Waals surface area contributed by atoms with Gasteiger partial charge in [-0.15, -0.1) is 6.58 Å². The first kappa shape index (κ1) is 16.4. The van der Waals surface area contributed by atoms with Crippen molar-refractivity contribution in [3.8, 4) is 0 Å². The normalized spacial score (nSPS) is 19.5. The number of carbonyl (C=O) groups is 1. The molecule has 1 aliphatic rings. The fourth-order valence-corrected chi connectivity index (χ4v) is 2.92. The molecule has 1 aromatic rings. The summed E-state index contributed by atoms with van der Waals surface area (Å²) >= 11 is 0. The first-order valence-electron chi connectivity index (χ1n) is 8.05. The van der Waals surface area contributed by atoms with Crippen LogP contribution >= 0.6 is 0 Å². The highest BCUT2D eigenvalue weighted by Gasteiger charge is 2.23. The van der Waals surface area contributed by atoms with Gasteiger partial charge in [-0.3, -0.25) is 4.68 Å². The smallest absolute Gasteiger partial charge is 0.315 e. The summed E-state index contributed by atoms with van der Waals surface area (Å²) in [5.74, 6) is 1.10. The Bertz CT molecular complexity index is 498. The molecule has 0 spiro atoms. The molecule has 22 heavy (non-hydrogen) atoms. The number of piperidine rings is 1. The molecular weight excluding hydrogens is 278 g/mol. The van der Waals surface area contributed by atoms with E-state index < -0.39 is 0 Å². The molecule has 2 atom stereocenters. The van der Waals surface area contributed by atoms with Crippen LogP contribution < -0.4 is 15.5 Å². The van der Waals surface area contributed by atoms with Crippen LogP contribution in [0.2, 0.25) is 0 Å². The maximum absolute atomic E-state index is 12.1. The van der Waals surface area contributed by atoms with Crippen LogP contribution in [0.25, 0.3) is 0 Å². The van der Waals surface area contributed by atoms with Gasteiger partial charge in [0.05, 0.1) is 6.20 Å². The van der Waals surface area contributed by atoms with E-state index in [0.29, 0.717) is 0 Å². The van der Waals surface area contributed by atoms with E-state index in [4.69, 9.17) is 0 Å². The maximum Gasteiger partial charge on any atom is 0.315 e. The fraction of sp³-hybridized carbons (Fsp3) is 0.625. The molecule has 122 valence electrons. The van der Waals surface area contributed by atoms with Crippen LogP contribution in [0.4, 0.5) is 10.6 Å². The van der Waals surface area contributed by atoms with Gasteiger partial charge in [0.2, 0.25) is 0 Å². The van der Waals surface area contributed by atoms with Crippen molar-refractivity contribution in [1.29, 1.82) is 0 Å². The second kappa shape index (κ2) is 7.87. The Hall–Kier alpha value is -1.98. The number of carbonyl (C=O) groups excluding carboxylic acids is 1. The van der Waals surface area contributed by atoms with Gasteiger partial charge in [0.15, 0.2) is 0 Å². The van der Waals surface area contributed by atoms with Gasteiger partial charge in [-0.1, -0.05) is 13.0 Å². The second-order valence-corrected chi connectivity index (χ2v) is 5.85. The highest BCUT2D eigenvalue weighted by atomic mass is 16.2. The Morgan fingerprint density at radius 3 is 3.09 bits per heavy atom. The lowest BCUT2D eigenvalue weighted by atomic mass is 10.1. The van der Waals surface area contributed by atoms with E-state index in [2.05, 4.69) is 34.1 Å². The minimum Gasteiger partial charge on any atom is -0.355 e. The van der Waals surface area contributed by atoms with E-state index >= 15 is 0 Å². The Morgan fingerprint density at radius 2 is 2.45 bits per heavy atom. The number of amides is 2. The van der Waals surface area contributed by atoms with E-state index in [9.17, 15) is 4.79 Å². The molecule has 0 aliphatic carbocycles. The van der Waals surface area contributed by atoms with Crippen LogP contribution in [-0.4, -0.2) is 41.0 Å². The highest BCUT2D eigenvalue weighted by molar-refractivity contribution is 5.74. The molecule has 2 unspecified atom stereocenters. The Morgan fingerprint density at radius 1 is 1.64 bits per heavy atom. The number of aryl methyl sites for hydroxylation is 1. The summed E-state index contributed by atoms with van der Waals surface area (Å²) in [5.41, 5.74) is 0. The zero-order chi connectivity index (χ0) is 15.9. The Labute approximate surface area is 132 Å². The molecular formula is C16H27N5O. The topological polar surface area (TPSA) is 62.2 Å². The standard InChI is InChI=1S/C16H27N5O/c1-4-7-13(5-2)18-16(22)19-14-8-6-11-21(12-14)15-9-10-17-20(15)3/h4,9-10,13-14H,1,5-8,11-12H2,2-3H3,(H2,18,19,22). The minimum atomic E-state index is -0.0782. The van der Waals surface area contributed by atoms with Gasteiger partial charge in [-0.2, -0.15) is 5.10 Å². The number of hydrogen-bond acceptors (Lipinski definition) is 3. The molecule has 0 saturated carbocycles. The molecule has 1 fully saturated rings. The van der Waals surface area contributed by atoms with Gasteiger partial charge in [0.1, 0.15) is 5.82 Å². The molecule has 2 N–H and O–H groups in total.